The highest BCUT2D eigenvalue weighted by Gasteiger charge is 2.16. The Balaban J connectivity index is 1.69. The van der Waals surface area contributed by atoms with Crippen LogP contribution in [0.1, 0.15) is 21.1 Å². The van der Waals surface area contributed by atoms with Crippen LogP contribution in [0, 0.1) is 6.92 Å². The zero-order valence-electron chi connectivity index (χ0n) is 13.7. The molecule has 4 heterocycles. The van der Waals surface area contributed by atoms with E-state index < -0.39 is 0 Å². The molecule has 0 bridgehead atoms. The van der Waals surface area contributed by atoms with Crippen molar-refractivity contribution in [3.63, 3.8) is 0 Å². The van der Waals surface area contributed by atoms with E-state index in [0.717, 1.165) is 10.7 Å². The predicted octanol–water partition coefficient (Wildman–Crippen LogP) is 4.37. The van der Waals surface area contributed by atoms with Gasteiger partial charge in [-0.2, -0.15) is 0 Å². The van der Waals surface area contributed by atoms with Gasteiger partial charge in [0.2, 0.25) is 0 Å². The highest BCUT2D eigenvalue weighted by Crippen LogP contribution is 2.26. The Hall–Kier alpha value is -2.77. The summed E-state index contributed by atoms with van der Waals surface area (Å²) in [6.45, 7) is 1.91. The summed E-state index contributed by atoms with van der Waals surface area (Å²) < 4.78 is 7.58. The second-order valence-corrected chi connectivity index (χ2v) is 7.05. The largest absolute Gasteiger partial charge is 0.454 e. The van der Waals surface area contributed by atoms with E-state index in [4.69, 9.17) is 16.3 Å². The fraction of sp³-hybridized carbons (Fsp3) is 0.111. The number of thiazole rings is 1. The monoisotopic (exact) mass is 384 g/mol. The average Bonchev–Trinajstić information content (AvgIpc) is 3.23. The molecule has 26 heavy (non-hydrogen) atoms. The van der Waals surface area contributed by atoms with E-state index in [2.05, 4.69) is 15.0 Å². The number of rotatable bonds is 5. The lowest BCUT2D eigenvalue weighted by Crippen LogP contribution is -2.07. The lowest BCUT2D eigenvalue weighted by atomic mass is 10.1. The summed E-state index contributed by atoms with van der Waals surface area (Å²) in [5, 5.41) is 3.18. The number of halogens is 1. The van der Waals surface area contributed by atoms with Gasteiger partial charge in [0.25, 0.3) is 0 Å². The first-order valence-corrected chi connectivity index (χ1v) is 9.03. The predicted molar refractivity (Wildman–Crippen MR) is 99.4 cm³/mol. The fourth-order valence-electron chi connectivity index (χ4n) is 2.57. The van der Waals surface area contributed by atoms with Gasteiger partial charge in [-0.3, -0.25) is 9.78 Å². The molecule has 4 aromatic heterocycles. The van der Waals surface area contributed by atoms with Gasteiger partial charge in [-0.25, -0.2) is 9.97 Å². The second kappa shape index (κ2) is 6.86. The van der Waals surface area contributed by atoms with Crippen molar-refractivity contribution in [2.45, 2.75) is 13.3 Å². The Morgan fingerprint density at radius 2 is 2.19 bits per heavy atom. The molecule has 0 amide bonds. The first kappa shape index (κ1) is 16.7. The van der Waals surface area contributed by atoms with Crippen LogP contribution in [-0.4, -0.2) is 25.1 Å². The lowest BCUT2D eigenvalue weighted by Gasteiger charge is -2.09. The van der Waals surface area contributed by atoms with Gasteiger partial charge in [0, 0.05) is 35.7 Å². The standard InChI is InChI=1S/C18H13ClN4O2S/c1-11-10-26-17(22-11)6-16(24)15-5-14(9-23-3-2-21-18(15)23)25-13-4-12(19)7-20-8-13/h2-5,7-10H,6H2,1H3. The molecule has 4 rings (SSSR count). The first-order chi connectivity index (χ1) is 12.6. The van der Waals surface area contributed by atoms with Gasteiger partial charge in [0.1, 0.15) is 22.2 Å². The Bertz CT molecular complexity index is 1110. The van der Waals surface area contributed by atoms with Crippen LogP contribution >= 0.6 is 22.9 Å². The summed E-state index contributed by atoms with van der Waals surface area (Å²) in [4.78, 5) is 25.5. The topological polar surface area (TPSA) is 69.4 Å². The Morgan fingerprint density at radius 3 is 2.96 bits per heavy atom. The summed E-state index contributed by atoms with van der Waals surface area (Å²) in [6, 6.07) is 3.35. The number of nitrogens with zero attached hydrogens (tertiary/aromatic N) is 4. The smallest absolute Gasteiger partial charge is 0.173 e. The minimum atomic E-state index is -0.0646. The van der Waals surface area contributed by atoms with Crippen molar-refractivity contribution >= 4 is 34.4 Å². The molecule has 6 nitrogen and oxygen atoms in total. The molecule has 0 saturated heterocycles. The molecule has 8 heteroatoms. The van der Waals surface area contributed by atoms with Crippen molar-refractivity contribution in [2.24, 2.45) is 0 Å². The number of carbonyl (C=O) groups excluding carboxylic acids is 1. The van der Waals surface area contributed by atoms with Crippen LogP contribution in [0.5, 0.6) is 11.5 Å². The summed E-state index contributed by atoms with van der Waals surface area (Å²) in [7, 11) is 0. The quantitative estimate of drug-likeness (QED) is 0.478. The van der Waals surface area contributed by atoms with Crippen LogP contribution in [0.4, 0.5) is 0 Å². The first-order valence-electron chi connectivity index (χ1n) is 7.78. The zero-order chi connectivity index (χ0) is 18.1. The number of pyridine rings is 2. The molecule has 0 saturated carbocycles. The van der Waals surface area contributed by atoms with Gasteiger partial charge < -0.3 is 9.14 Å². The molecule has 0 atom stereocenters. The third-order valence-electron chi connectivity index (χ3n) is 3.66. The van der Waals surface area contributed by atoms with Crippen molar-refractivity contribution in [1.82, 2.24) is 19.4 Å². The van der Waals surface area contributed by atoms with Gasteiger partial charge in [0.15, 0.2) is 5.78 Å². The number of Topliss-reactive ketones (excluding diaryl/α,β-unsaturated/α-hetero) is 1. The number of hydrogen-bond acceptors (Lipinski definition) is 6. The molecule has 130 valence electrons. The van der Waals surface area contributed by atoms with E-state index in [1.807, 2.05) is 12.3 Å². The third kappa shape index (κ3) is 3.44. The van der Waals surface area contributed by atoms with E-state index in [0.29, 0.717) is 27.7 Å². The number of aryl methyl sites for hydroxylation is 1. The lowest BCUT2D eigenvalue weighted by molar-refractivity contribution is 0.0993. The molecule has 0 aliphatic rings. The number of ketones is 1. The van der Waals surface area contributed by atoms with Crippen LogP contribution in [0.3, 0.4) is 0 Å². The Labute approximate surface area is 158 Å². The fourth-order valence-corrected chi connectivity index (χ4v) is 3.50. The van der Waals surface area contributed by atoms with Crippen molar-refractivity contribution in [3.8, 4) is 11.5 Å². The normalized spacial score (nSPS) is 11.0. The zero-order valence-corrected chi connectivity index (χ0v) is 15.3. The Kier molecular flexibility index (Phi) is 4.40. The summed E-state index contributed by atoms with van der Waals surface area (Å²) in [5.41, 5.74) is 1.98. The molecule has 0 aliphatic heterocycles. The number of ether oxygens (including phenoxy) is 1. The van der Waals surface area contributed by atoms with Gasteiger partial charge in [-0.15, -0.1) is 11.3 Å². The molecule has 0 unspecified atom stereocenters. The van der Waals surface area contributed by atoms with E-state index >= 15 is 0 Å². The van der Waals surface area contributed by atoms with Crippen molar-refractivity contribution in [3.05, 3.63) is 69.8 Å². The van der Waals surface area contributed by atoms with Gasteiger partial charge in [-0.1, -0.05) is 11.6 Å². The number of hydrogen-bond donors (Lipinski definition) is 0. The van der Waals surface area contributed by atoms with Gasteiger partial charge >= 0.3 is 0 Å². The molecule has 0 aromatic carbocycles. The van der Waals surface area contributed by atoms with Crippen molar-refractivity contribution in [1.29, 1.82) is 0 Å². The molecule has 0 N–H and O–H groups in total. The molecule has 0 radical (unpaired) electrons. The third-order valence-corrected chi connectivity index (χ3v) is 4.83. The van der Waals surface area contributed by atoms with Crippen molar-refractivity contribution in [2.75, 3.05) is 0 Å². The summed E-state index contributed by atoms with van der Waals surface area (Å²) in [5.74, 6) is 0.925. The van der Waals surface area contributed by atoms with Crippen LogP contribution in [-0.2, 0) is 6.42 Å². The molecular formula is C18H13ClN4O2S. The maximum atomic E-state index is 12.8. The van der Waals surface area contributed by atoms with Gasteiger partial charge in [0.05, 0.1) is 29.4 Å². The number of fused-ring (bicyclic) bond motifs is 1. The van der Waals surface area contributed by atoms with Crippen LogP contribution in [0.15, 0.2) is 48.5 Å². The second-order valence-electron chi connectivity index (χ2n) is 5.67. The maximum Gasteiger partial charge on any atom is 0.173 e. The van der Waals surface area contributed by atoms with E-state index in [-0.39, 0.29) is 12.2 Å². The average molecular weight is 385 g/mol. The van der Waals surface area contributed by atoms with E-state index in [1.54, 1.807) is 41.3 Å². The molecule has 0 aliphatic carbocycles. The minimum Gasteiger partial charge on any atom is -0.454 e. The molecular weight excluding hydrogens is 372 g/mol. The summed E-state index contributed by atoms with van der Waals surface area (Å²) in [6.07, 6.45) is 8.48. The molecule has 0 spiro atoms. The highest BCUT2D eigenvalue weighted by molar-refractivity contribution is 7.09. The Morgan fingerprint density at radius 1 is 1.31 bits per heavy atom. The van der Waals surface area contributed by atoms with Gasteiger partial charge in [-0.05, 0) is 13.0 Å². The van der Waals surface area contributed by atoms with Crippen LogP contribution in [0.25, 0.3) is 5.65 Å². The number of imidazole rings is 1. The maximum absolute atomic E-state index is 12.8. The SMILES string of the molecule is Cc1csc(CC(=O)c2cc(Oc3cncc(Cl)c3)cn3ccnc23)n1. The number of carbonyl (C=O) groups is 1. The van der Waals surface area contributed by atoms with Crippen molar-refractivity contribution < 1.29 is 9.53 Å². The van der Waals surface area contributed by atoms with Crippen LogP contribution < -0.4 is 4.74 Å². The molecule has 0 fully saturated rings. The van der Waals surface area contributed by atoms with E-state index in [1.165, 1.54) is 17.5 Å². The molecule has 4 aromatic rings. The summed E-state index contributed by atoms with van der Waals surface area (Å²) >= 11 is 7.42. The highest BCUT2D eigenvalue weighted by atomic mass is 35.5. The minimum absolute atomic E-state index is 0.0646. The number of aromatic nitrogens is 4. The van der Waals surface area contributed by atoms with E-state index in [9.17, 15) is 4.79 Å². The van der Waals surface area contributed by atoms with Crippen LogP contribution in [0.2, 0.25) is 5.02 Å².